The number of carboxylic acids is 1. The third-order valence-corrected chi connectivity index (χ3v) is 5.21. The van der Waals surface area contributed by atoms with Gasteiger partial charge in [0.05, 0.1) is 5.56 Å². The Labute approximate surface area is 184 Å². The zero-order chi connectivity index (χ0) is 22.9. The summed E-state index contributed by atoms with van der Waals surface area (Å²) in [6.45, 7) is 2.80. The average molecular weight is 443 g/mol. The molecule has 1 fully saturated rings. The Hall–Kier alpha value is -3.82. The number of hydrogen-bond donors (Lipinski definition) is 3. The van der Waals surface area contributed by atoms with Crippen LogP contribution in [0, 0.1) is 5.92 Å². The van der Waals surface area contributed by atoms with Crippen LogP contribution >= 0.6 is 0 Å². The Balaban J connectivity index is 0.000000913. The van der Waals surface area contributed by atoms with Crippen LogP contribution in [0.3, 0.4) is 0 Å². The lowest BCUT2D eigenvalue weighted by Gasteiger charge is -2.34. The van der Waals surface area contributed by atoms with E-state index in [2.05, 4.69) is 15.2 Å². The molecule has 2 aliphatic heterocycles. The number of amides is 1. The highest BCUT2D eigenvalue weighted by atomic mass is 16.6. The molecule has 4 rings (SSSR count). The van der Waals surface area contributed by atoms with Crippen molar-refractivity contribution in [3.05, 3.63) is 47.8 Å². The number of carbonyl (C=O) groups is 3. The lowest BCUT2D eigenvalue weighted by molar-refractivity contribution is -0.122. The molecule has 0 aliphatic carbocycles. The summed E-state index contributed by atoms with van der Waals surface area (Å²) in [6.07, 6.45) is 3.49. The van der Waals surface area contributed by atoms with Crippen LogP contribution in [-0.2, 0) is 4.79 Å². The molecule has 0 bridgehead atoms. The van der Waals surface area contributed by atoms with E-state index >= 15 is 0 Å². The number of carbonyl (C=O) groups excluding carboxylic acids is 1. The molecule has 1 unspecified atom stereocenters. The average Bonchev–Trinajstić information content (AvgIpc) is 2.83. The van der Waals surface area contributed by atoms with Crippen molar-refractivity contribution in [1.82, 2.24) is 10.3 Å². The zero-order valence-corrected chi connectivity index (χ0v) is 17.4. The van der Waals surface area contributed by atoms with Gasteiger partial charge in [-0.2, -0.15) is 0 Å². The number of aromatic nitrogens is 1. The number of ether oxygens (including phenoxy) is 2. The van der Waals surface area contributed by atoms with E-state index < -0.39 is 5.97 Å². The smallest absolute Gasteiger partial charge is 0.354 e. The van der Waals surface area contributed by atoms with Gasteiger partial charge >= 0.3 is 5.97 Å². The van der Waals surface area contributed by atoms with Crippen LogP contribution in [0.15, 0.2) is 36.5 Å². The summed E-state index contributed by atoms with van der Waals surface area (Å²) >= 11 is 0. The molecule has 0 spiro atoms. The Morgan fingerprint density at radius 1 is 1.25 bits per heavy atom. The van der Waals surface area contributed by atoms with Gasteiger partial charge in [0.25, 0.3) is 12.4 Å². The highest BCUT2D eigenvalue weighted by molar-refractivity contribution is 5.97. The van der Waals surface area contributed by atoms with Crippen molar-refractivity contribution in [1.29, 1.82) is 0 Å². The molecule has 2 aliphatic rings. The molecular weight excluding hydrogens is 418 g/mol. The number of piperidine rings is 1. The summed E-state index contributed by atoms with van der Waals surface area (Å²) in [5.41, 5.74) is 1.36. The number of anilines is 1. The lowest BCUT2D eigenvalue weighted by Crippen LogP contribution is -2.41. The molecule has 0 saturated carbocycles. The molecule has 1 atom stereocenters. The van der Waals surface area contributed by atoms with E-state index in [0.29, 0.717) is 36.8 Å². The number of hydrogen-bond acceptors (Lipinski definition) is 7. The van der Waals surface area contributed by atoms with Gasteiger partial charge in [0, 0.05) is 31.5 Å². The van der Waals surface area contributed by atoms with E-state index in [1.807, 2.05) is 6.07 Å². The van der Waals surface area contributed by atoms with Gasteiger partial charge in [0.2, 0.25) is 0 Å². The number of nitrogens with one attached hydrogen (secondary N) is 1. The largest absolute Gasteiger partial charge is 0.486 e. The molecule has 1 saturated heterocycles. The standard InChI is InChI=1S/C21H23N3O5.CH2O2/c25-20(16-4-1-5-18-19(16)29-10-9-28-18)23-12-14-3-2-8-24(13-14)15-6-7-22-17(11-15)21(26)27;2-1-3/h1,4-7,11,14H,2-3,8-10,12-13H2,(H,23,25)(H,26,27);1H,(H,2,3). The number of fused-ring (bicyclic) bond motifs is 1. The maximum absolute atomic E-state index is 12.7. The summed E-state index contributed by atoms with van der Waals surface area (Å²) in [7, 11) is 0. The van der Waals surface area contributed by atoms with E-state index in [9.17, 15) is 9.59 Å². The third kappa shape index (κ3) is 5.65. The lowest BCUT2D eigenvalue weighted by atomic mass is 9.97. The van der Waals surface area contributed by atoms with Gasteiger partial charge in [-0.3, -0.25) is 9.59 Å². The number of aromatic carboxylic acids is 1. The van der Waals surface area contributed by atoms with Gasteiger partial charge in [0.15, 0.2) is 11.5 Å². The minimum absolute atomic E-state index is 0.0361. The van der Waals surface area contributed by atoms with E-state index in [1.54, 1.807) is 24.3 Å². The topological polar surface area (TPSA) is 138 Å². The van der Waals surface area contributed by atoms with Crippen molar-refractivity contribution in [3.63, 3.8) is 0 Å². The predicted octanol–water partition coefficient (Wildman–Crippen LogP) is 1.90. The Kier molecular flexibility index (Phi) is 7.85. The first kappa shape index (κ1) is 22.9. The first-order valence-corrected chi connectivity index (χ1v) is 10.2. The van der Waals surface area contributed by atoms with Crippen LogP contribution in [0.25, 0.3) is 0 Å². The second-order valence-electron chi connectivity index (χ2n) is 7.30. The summed E-state index contributed by atoms with van der Waals surface area (Å²) in [5, 5.41) is 19.1. The van der Waals surface area contributed by atoms with Crippen LogP contribution in [0.1, 0.15) is 33.7 Å². The summed E-state index contributed by atoms with van der Waals surface area (Å²) < 4.78 is 11.2. The van der Waals surface area contributed by atoms with E-state index in [4.69, 9.17) is 24.5 Å². The maximum atomic E-state index is 12.7. The van der Waals surface area contributed by atoms with Gasteiger partial charge in [-0.05, 0) is 43.0 Å². The van der Waals surface area contributed by atoms with E-state index in [1.165, 1.54) is 6.20 Å². The monoisotopic (exact) mass is 443 g/mol. The van der Waals surface area contributed by atoms with Gasteiger partial charge in [-0.1, -0.05) is 6.07 Å². The zero-order valence-electron chi connectivity index (χ0n) is 17.4. The minimum atomic E-state index is -1.04. The molecule has 1 amide bonds. The van der Waals surface area contributed by atoms with E-state index in [0.717, 1.165) is 31.6 Å². The fraction of sp³-hybridized carbons (Fsp3) is 0.364. The normalized spacial score (nSPS) is 16.9. The molecule has 170 valence electrons. The molecule has 1 aromatic carbocycles. The SMILES string of the molecule is O=C(O)c1cc(N2CCCC(CNC(=O)c3cccc4c3OCCO4)C2)ccn1.O=CO. The quantitative estimate of drug-likeness (QED) is 0.591. The first-order chi connectivity index (χ1) is 15.5. The van der Waals surface area contributed by atoms with Crippen LogP contribution in [0.2, 0.25) is 0 Å². The molecule has 1 aromatic heterocycles. The van der Waals surface area contributed by atoms with Crippen LogP contribution in [0.5, 0.6) is 11.5 Å². The summed E-state index contributed by atoms with van der Waals surface area (Å²) in [4.78, 5) is 38.2. The number of pyridine rings is 1. The van der Waals surface area contributed by atoms with Crippen LogP contribution < -0.4 is 19.7 Å². The molecular formula is C22H25N3O7. The third-order valence-electron chi connectivity index (χ3n) is 5.21. The maximum Gasteiger partial charge on any atom is 0.354 e. The molecule has 32 heavy (non-hydrogen) atoms. The Morgan fingerprint density at radius 2 is 2.03 bits per heavy atom. The number of para-hydroxylation sites is 1. The van der Waals surface area contributed by atoms with Gasteiger partial charge in [0.1, 0.15) is 18.9 Å². The van der Waals surface area contributed by atoms with Gasteiger partial charge < -0.3 is 29.9 Å². The second kappa shape index (κ2) is 11.0. The molecule has 2 aromatic rings. The second-order valence-corrected chi connectivity index (χ2v) is 7.30. The number of carboxylic acid groups (broad SMARTS) is 2. The highest BCUT2D eigenvalue weighted by Gasteiger charge is 2.24. The fourth-order valence-electron chi connectivity index (χ4n) is 3.78. The highest BCUT2D eigenvalue weighted by Crippen LogP contribution is 2.33. The predicted molar refractivity (Wildman–Crippen MR) is 115 cm³/mol. The Morgan fingerprint density at radius 3 is 2.81 bits per heavy atom. The van der Waals surface area contributed by atoms with Crippen molar-refractivity contribution in [2.45, 2.75) is 12.8 Å². The number of rotatable bonds is 5. The minimum Gasteiger partial charge on any atom is -0.486 e. The molecule has 0 radical (unpaired) electrons. The molecule has 3 heterocycles. The summed E-state index contributed by atoms with van der Waals surface area (Å²) in [5.74, 6) is 0.150. The van der Waals surface area contributed by atoms with Gasteiger partial charge in [-0.25, -0.2) is 9.78 Å². The molecule has 10 nitrogen and oxygen atoms in total. The van der Waals surface area contributed by atoms with Crippen molar-refractivity contribution in [3.8, 4) is 11.5 Å². The van der Waals surface area contributed by atoms with Crippen molar-refractivity contribution in [2.75, 3.05) is 37.7 Å². The fourth-order valence-corrected chi connectivity index (χ4v) is 3.78. The van der Waals surface area contributed by atoms with Crippen molar-refractivity contribution < 1.29 is 34.1 Å². The first-order valence-electron chi connectivity index (χ1n) is 10.2. The van der Waals surface area contributed by atoms with E-state index in [-0.39, 0.29) is 24.0 Å². The van der Waals surface area contributed by atoms with Gasteiger partial charge in [-0.15, -0.1) is 0 Å². The Bertz CT molecular complexity index is 966. The molecule has 10 heteroatoms. The number of nitrogens with zero attached hydrogens (tertiary/aromatic N) is 2. The van der Waals surface area contributed by atoms with Crippen molar-refractivity contribution >= 4 is 24.0 Å². The van der Waals surface area contributed by atoms with Crippen LogP contribution in [0.4, 0.5) is 5.69 Å². The van der Waals surface area contributed by atoms with Crippen LogP contribution in [-0.4, -0.2) is 66.4 Å². The van der Waals surface area contributed by atoms with Crippen molar-refractivity contribution in [2.24, 2.45) is 5.92 Å². The molecule has 3 N–H and O–H groups in total. The summed E-state index contributed by atoms with van der Waals surface area (Å²) in [6, 6.07) is 8.73. The number of benzene rings is 1.